The number of nitrogens with zero attached hydrogens (tertiary/aromatic N) is 2. The van der Waals surface area contributed by atoms with Crippen LogP contribution < -0.4 is 5.32 Å². The Morgan fingerprint density at radius 1 is 1.18 bits per heavy atom. The van der Waals surface area contributed by atoms with Crippen LogP contribution in [0.4, 0.5) is 9.52 Å². The Morgan fingerprint density at radius 3 is 2.68 bits per heavy atom. The Labute approximate surface area is 138 Å². The standard InChI is InChI=1S/C15H9BrFN3OS/c16-11-6-10(7-12(17)8-11)14(21)19-15-18-13(20-22-15)9-4-2-1-3-5-9/h1-8H,(H,18,19,20,21). The van der Waals surface area contributed by atoms with Crippen LogP contribution in [0.2, 0.25) is 0 Å². The molecule has 0 bridgehead atoms. The van der Waals surface area contributed by atoms with Gasteiger partial charge < -0.3 is 0 Å². The molecule has 2 aromatic carbocycles. The zero-order valence-electron chi connectivity index (χ0n) is 11.1. The fourth-order valence-electron chi connectivity index (χ4n) is 1.83. The molecule has 0 saturated carbocycles. The lowest BCUT2D eigenvalue weighted by Crippen LogP contribution is -2.12. The maximum absolute atomic E-state index is 13.3. The van der Waals surface area contributed by atoms with Crippen molar-refractivity contribution < 1.29 is 9.18 Å². The van der Waals surface area contributed by atoms with Crippen LogP contribution in [-0.2, 0) is 0 Å². The molecule has 7 heteroatoms. The van der Waals surface area contributed by atoms with Crippen LogP contribution in [0.25, 0.3) is 11.4 Å². The molecule has 1 aromatic heterocycles. The van der Waals surface area contributed by atoms with Crippen LogP contribution >= 0.6 is 27.5 Å². The fraction of sp³-hybridized carbons (Fsp3) is 0. The lowest BCUT2D eigenvalue weighted by Gasteiger charge is -2.02. The average Bonchev–Trinajstić information content (AvgIpc) is 2.95. The molecule has 0 saturated heterocycles. The average molecular weight is 378 g/mol. The molecular weight excluding hydrogens is 369 g/mol. The lowest BCUT2D eigenvalue weighted by atomic mass is 10.2. The largest absolute Gasteiger partial charge is 0.297 e. The van der Waals surface area contributed by atoms with Gasteiger partial charge in [-0.25, -0.2) is 4.39 Å². The predicted octanol–water partition coefficient (Wildman–Crippen LogP) is 4.36. The van der Waals surface area contributed by atoms with Gasteiger partial charge >= 0.3 is 0 Å². The van der Waals surface area contributed by atoms with E-state index in [1.54, 1.807) is 0 Å². The summed E-state index contributed by atoms with van der Waals surface area (Å²) in [6.07, 6.45) is 0. The van der Waals surface area contributed by atoms with E-state index >= 15 is 0 Å². The van der Waals surface area contributed by atoms with Crippen molar-refractivity contribution in [3.63, 3.8) is 0 Å². The van der Waals surface area contributed by atoms with E-state index in [1.165, 1.54) is 18.2 Å². The van der Waals surface area contributed by atoms with Crippen LogP contribution in [0.15, 0.2) is 53.0 Å². The fourth-order valence-corrected chi connectivity index (χ4v) is 2.88. The van der Waals surface area contributed by atoms with Gasteiger partial charge in [-0.3, -0.25) is 10.1 Å². The van der Waals surface area contributed by atoms with Crippen molar-refractivity contribution in [1.29, 1.82) is 0 Å². The van der Waals surface area contributed by atoms with Crippen molar-refractivity contribution in [2.75, 3.05) is 5.32 Å². The van der Waals surface area contributed by atoms with Crippen molar-refractivity contribution in [2.45, 2.75) is 0 Å². The maximum Gasteiger partial charge on any atom is 0.257 e. The summed E-state index contributed by atoms with van der Waals surface area (Å²) in [5.41, 5.74) is 1.08. The first-order valence-corrected chi connectivity index (χ1v) is 7.85. The second-order valence-electron chi connectivity index (χ2n) is 4.40. The quantitative estimate of drug-likeness (QED) is 0.737. The van der Waals surface area contributed by atoms with E-state index < -0.39 is 11.7 Å². The highest BCUT2D eigenvalue weighted by Crippen LogP contribution is 2.22. The number of hydrogen-bond donors (Lipinski definition) is 1. The number of rotatable bonds is 3. The third-order valence-corrected chi connectivity index (χ3v) is 3.89. The third kappa shape index (κ3) is 3.37. The molecule has 0 aliphatic heterocycles. The number of carbonyl (C=O) groups is 1. The number of halogens is 2. The molecule has 3 rings (SSSR count). The first kappa shape index (κ1) is 14.8. The van der Waals surface area contributed by atoms with Crippen molar-refractivity contribution >= 4 is 38.5 Å². The molecule has 0 unspecified atom stereocenters. The minimum absolute atomic E-state index is 0.211. The first-order valence-electron chi connectivity index (χ1n) is 6.28. The molecule has 110 valence electrons. The summed E-state index contributed by atoms with van der Waals surface area (Å²) >= 11 is 4.23. The van der Waals surface area contributed by atoms with Crippen LogP contribution in [0.3, 0.4) is 0 Å². The number of anilines is 1. The third-order valence-electron chi connectivity index (χ3n) is 2.80. The molecule has 0 atom stereocenters. The van der Waals surface area contributed by atoms with Gasteiger partial charge in [0.2, 0.25) is 5.13 Å². The van der Waals surface area contributed by atoms with Crippen LogP contribution in [0.5, 0.6) is 0 Å². The minimum Gasteiger partial charge on any atom is -0.297 e. The molecule has 0 fully saturated rings. The van der Waals surface area contributed by atoms with Gasteiger partial charge in [-0.1, -0.05) is 46.3 Å². The van der Waals surface area contributed by atoms with E-state index in [0.29, 0.717) is 15.4 Å². The van der Waals surface area contributed by atoms with E-state index in [-0.39, 0.29) is 5.56 Å². The van der Waals surface area contributed by atoms with E-state index in [1.807, 2.05) is 30.3 Å². The summed E-state index contributed by atoms with van der Waals surface area (Å²) in [5, 5.41) is 2.99. The van der Waals surface area contributed by atoms with Crippen LogP contribution in [0, 0.1) is 5.82 Å². The Morgan fingerprint density at radius 2 is 1.95 bits per heavy atom. The van der Waals surface area contributed by atoms with Crippen LogP contribution in [0.1, 0.15) is 10.4 Å². The van der Waals surface area contributed by atoms with Crippen molar-refractivity contribution in [3.8, 4) is 11.4 Å². The normalized spacial score (nSPS) is 10.5. The van der Waals surface area contributed by atoms with Gasteiger partial charge in [-0.15, -0.1) is 0 Å². The highest BCUT2D eigenvalue weighted by molar-refractivity contribution is 9.10. The van der Waals surface area contributed by atoms with Crippen LogP contribution in [-0.4, -0.2) is 15.3 Å². The molecule has 1 heterocycles. The number of nitrogens with one attached hydrogen (secondary N) is 1. The molecule has 0 aliphatic carbocycles. The number of amides is 1. The number of carbonyl (C=O) groups excluding carboxylic acids is 1. The molecule has 3 aromatic rings. The zero-order valence-corrected chi connectivity index (χ0v) is 13.5. The molecule has 4 nitrogen and oxygen atoms in total. The highest BCUT2D eigenvalue weighted by atomic mass is 79.9. The summed E-state index contributed by atoms with van der Waals surface area (Å²) in [4.78, 5) is 16.4. The molecule has 0 radical (unpaired) electrons. The highest BCUT2D eigenvalue weighted by Gasteiger charge is 2.12. The van der Waals surface area contributed by atoms with Gasteiger partial charge in [0.1, 0.15) is 5.82 Å². The molecule has 22 heavy (non-hydrogen) atoms. The second kappa shape index (κ2) is 6.33. The van der Waals surface area contributed by atoms with Crippen molar-refractivity contribution in [2.24, 2.45) is 0 Å². The molecular formula is C15H9BrFN3OS. The van der Waals surface area contributed by atoms with Gasteiger partial charge in [-0.05, 0) is 18.2 Å². The Kier molecular flexibility index (Phi) is 4.26. The molecule has 1 amide bonds. The molecule has 0 aliphatic rings. The summed E-state index contributed by atoms with van der Waals surface area (Å²) in [6.45, 7) is 0. The Hall–Kier alpha value is -2.12. The monoisotopic (exact) mass is 377 g/mol. The predicted molar refractivity (Wildman–Crippen MR) is 87.4 cm³/mol. The number of hydrogen-bond acceptors (Lipinski definition) is 4. The Bertz CT molecular complexity index is 802. The summed E-state index contributed by atoms with van der Waals surface area (Å²) in [5.74, 6) is -0.376. The maximum atomic E-state index is 13.3. The van der Waals surface area contributed by atoms with E-state index in [9.17, 15) is 9.18 Å². The first-order chi connectivity index (χ1) is 10.6. The minimum atomic E-state index is -0.484. The second-order valence-corrected chi connectivity index (χ2v) is 6.07. The molecule has 1 N–H and O–H groups in total. The van der Waals surface area contributed by atoms with Gasteiger partial charge in [0.05, 0.1) is 0 Å². The topological polar surface area (TPSA) is 54.9 Å². The van der Waals surface area contributed by atoms with Crippen molar-refractivity contribution in [3.05, 3.63) is 64.4 Å². The van der Waals surface area contributed by atoms with Gasteiger partial charge in [0.15, 0.2) is 5.82 Å². The van der Waals surface area contributed by atoms with E-state index in [2.05, 4.69) is 30.6 Å². The SMILES string of the molecule is O=C(Nc1nc(-c2ccccc2)ns1)c1cc(F)cc(Br)c1. The van der Waals surface area contributed by atoms with E-state index in [4.69, 9.17) is 0 Å². The summed E-state index contributed by atoms with van der Waals surface area (Å²) in [6, 6.07) is 13.4. The van der Waals surface area contributed by atoms with Crippen molar-refractivity contribution in [1.82, 2.24) is 9.36 Å². The van der Waals surface area contributed by atoms with Gasteiger partial charge in [0.25, 0.3) is 5.91 Å². The zero-order chi connectivity index (χ0) is 15.5. The number of benzene rings is 2. The Balaban J connectivity index is 1.79. The molecule has 0 spiro atoms. The lowest BCUT2D eigenvalue weighted by molar-refractivity contribution is 0.102. The smallest absolute Gasteiger partial charge is 0.257 e. The van der Waals surface area contributed by atoms with E-state index in [0.717, 1.165) is 17.1 Å². The van der Waals surface area contributed by atoms with Gasteiger partial charge in [-0.2, -0.15) is 9.36 Å². The number of aromatic nitrogens is 2. The summed E-state index contributed by atoms with van der Waals surface area (Å²) in [7, 11) is 0. The summed E-state index contributed by atoms with van der Waals surface area (Å²) < 4.78 is 18.0. The van der Waals surface area contributed by atoms with Gasteiger partial charge in [0, 0.05) is 27.1 Å².